The Bertz CT molecular complexity index is 1510. The maximum absolute atomic E-state index is 15.4. The van der Waals surface area contributed by atoms with Crippen molar-refractivity contribution in [3.05, 3.63) is 58.7 Å². The van der Waals surface area contributed by atoms with Crippen LogP contribution in [-0.4, -0.2) is 47.6 Å². The van der Waals surface area contributed by atoms with E-state index in [1.165, 1.54) is 16.9 Å². The molecule has 0 saturated heterocycles. The summed E-state index contributed by atoms with van der Waals surface area (Å²) >= 11 is 0. The number of nitrogens with zero attached hydrogens (tertiary/aromatic N) is 2. The fraction of sp³-hybridized carbons (Fsp3) is 0.500. The van der Waals surface area contributed by atoms with Gasteiger partial charge in [0.2, 0.25) is 10.0 Å². The lowest BCUT2D eigenvalue weighted by Crippen LogP contribution is -2.60. The maximum Gasteiger partial charge on any atom is 0.416 e. The third-order valence-electron chi connectivity index (χ3n) is 7.15. The summed E-state index contributed by atoms with van der Waals surface area (Å²) in [7, 11) is -4.19. The van der Waals surface area contributed by atoms with Crippen molar-refractivity contribution in [2.45, 2.75) is 81.6 Å². The summed E-state index contributed by atoms with van der Waals surface area (Å²) in [6, 6.07) is 3.95. The van der Waals surface area contributed by atoms with Crippen LogP contribution in [0.1, 0.15) is 62.3 Å². The number of unbranched alkanes of at least 4 members (excludes halogenated alkanes) is 1. The molecule has 2 amide bonds. The lowest BCUT2D eigenvalue weighted by Gasteiger charge is -2.41. The number of carbonyl (C=O) groups excluding carboxylic acids is 2. The van der Waals surface area contributed by atoms with Gasteiger partial charge in [-0.15, -0.1) is 0 Å². The van der Waals surface area contributed by atoms with Crippen LogP contribution in [-0.2, 0) is 38.1 Å². The van der Waals surface area contributed by atoms with Gasteiger partial charge in [-0.1, -0.05) is 12.1 Å². The summed E-state index contributed by atoms with van der Waals surface area (Å²) in [5, 5.41) is 4.96. The van der Waals surface area contributed by atoms with E-state index in [1.807, 2.05) is 0 Å². The van der Waals surface area contributed by atoms with Crippen molar-refractivity contribution in [2.24, 2.45) is 0 Å². The van der Waals surface area contributed by atoms with E-state index in [0.717, 1.165) is 18.2 Å². The number of hydrogen-bond acceptors (Lipinski definition) is 5. The van der Waals surface area contributed by atoms with Crippen molar-refractivity contribution in [3.63, 3.8) is 0 Å². The Hall–Kier alpha value is -3.43. The Balaban J connectivity index is 1.75. The van der Waals surface area contributed by atoms with E-state index < -0.39 is 80.3 Å². The zero-order valence-electron chi connectivity index (χ0n) is 22.2. The van der Waals surface area contributed by atoms with E-state index >= 15 is 4.39 Å². The molecular weight excluding hydrogens is 597 g/mol. The van der Waals surface area contributed by atoms with Crippen LogP contribution < -0.4 is 10.0 Å². The van der Waals surface area contributed by atoms with E-state index in [4.69, 9.17) is 0 Å². The van der Waals surface area contributed by atoms with Crippen LogP contribution in [0.15, 0.2) is 36.0 Å². The summed E-state index contributed by atoms with van der Waals surface area (Å²) < 4.78 is 125. The van der Waals surface area contributed by atoms with Gasteiger partial charge in [0.25, 0.3) is 11.8 Å². The van der Waals surface area contributed by atoms with E-state index in [-0.39, 0.29) is 49.9 Å². The molecule has 0 bridgehead atoms. The van der Waals surface area contributed by atoms with E-state index in [2.05, 4.69) is 5.10 Å². The highest BCUT2D eigenvalue weighted by Crippen LogP contribution is 2.49. The fourth-order valence-electron chi connectivity index (χ4n) is 4.79. The van der Waals surface area contributed by atoms with Crippen LogP contribution in [0.25, 0.3) is 5.57 Å². The number of rotatable bonds is 10. The van der Waals surface area contributed by atoms with Gasteiger partial charge in [-0.3, -0.25) is 14.3 Å². The van der Waals surface area contributed by atoms with Crippen LogP contribution in [0.2, 0.25) is 0 Å². The third kappa shape index (κ3) is 6.63. The Morgan fingerprint density at radius 2 is 1.83 bits per heavy atom. The Morgan fingerprint density at radius 1 is 1.14 bits per heavy atom. The summed E-state index contributed by atoms with van der Waals surface area (Å²) in [6.45, 7) is 1.95. The number of hydrogen-bond donors (Lipinski definition) is 2. The Kier molecular flexibility index (Phi) is 8.50. The van der Waals surface area contributed by atoms with Crippen LogP contribution in [0, 0.1) is 5.82 Å². The normalized spacial score (nSPS) is 20.0. The lowest BCUT2D eigenvalue weighted by molar-refractivity contribution is -0.202. The molecule has 2 heterocycles. The first kappa shape index (κ1) is 31.5. The van der Waals surface area contributed by atoms with Gasteiger partial charge in [0.1, 0.15) is 11.4 Å². The minimum Gasteiger partial charge on any atom is -0.334 e. The molecule has 2 aromatic rings. The summed E-state index contributed by atoms with van der Waals surface area (Å²) in [5.41, 5.74) is -5.87. The SMILES string of the molecule is CCn1ccc(C2=C(C(=O)NS(=O)(=O)C3CC3)C(=O)NC(c3ccc(CCCCC(F)(F)F)cc3F)(C(F)(F)F)C2)n1. The Morgan fingerprint density at radius 3 is 2.38 bits per heavy atom. The second kappa shape index (κ2) is 11.3. The topological polar surface area (TPSA) is 110 Å². The molecule has 1 fully saturated rings. The number of benzene rings is 1. The maximum atomic E-state index is 15.4. The predicted molar refractivity (Wildman–Crippen MR) is 135 cm³/mol. The molecule has 0 spiro atoms. The van der Waals surface area contributed by atoms with Crippen molar-refractivity contribution in [2.75, 3.05) is 0 Å². The molecule has 1 saturated carbocycles. The van der Waals surface area contributed by atoms with E-state index in [0.29, 0.717) is 0 Å². The highest BCUT2D eigenvalue weighted by atomic mass is 32.2. The molecule has 1 atom stereocenters. The first-order chi connectivity index (χ1) is 19.5. The quantitative estimate of drug-likeness (QED) is 0.227. The van der Waals surface area contributed by atoms with Crippen LogP contribution in [0.3, 0.4) is 0 Å². The number of amides is 2. The highest BCUT2D eigenvalue weighted by Gasteiger charge is 2.61. The lowest BCUT2D eigenvalue weighted by atomic mass is 9.77. The van der Waals surface area contributed by atoms with Crippen LogP contribution in [0.4, 0.5) is 30.7 Å². The molecule has 1 aliphatic heterocycles. The zero-order chi connectivity index (χ0) is 31.1. The average Bonchev–Trinajstić information content (AvgIpc) is 3.63. The van der Waals surface area contributed by atoms with Gasteiger partial charge in [0.05, 0.1) is 10.9 Å². The van der Waals surface area contributed by atoms with Gasteiger partial charge in [-0.25, -0.2) is 17.5 Å². The number of alkyl halides is 6. The number of aromatic nitrogens is 2. The third-order valence-corrected chi connectivity index (χ3v) is 8.97. The van der Waals surface area contributed by atoms with Crippen molar-refractivity contribution < 1.29 is 48.7 Å². The van der Waals surface area contributed by atoms with Crippen molar-refractivity contribution in [1.29, 1.82) is 0 Å². The van der Waals surface area contributed by atoms with Gasteiger partial charge in [-0.2, -0.15) is 31.4 Å². The fourth-order valence-corrected chi connectivity index (χ4v) is 6.08. The summed E-state index contributed by atoms with van der Waals surface area (Å²) in [4.78, 5) is 26.3. The highest BCUT2D eigenvalue weighted by molar-refractivity contribution is 7.91. The molecule has 230 valence electrons. The van der Waals surface area contributed by atoms with Crippen LogP contribution in [0.5, 0.6) is 0 Å². The summed E-state index contributed by atoms with van der Waals surface area (Å²) in [6.07, 6.45) is -10.3. The molecule has 1 aliphatic carbocycles. The second-order valence-electron chi connectivity index (χ2n) is 10.3. The van der Waals surface area contributed by atoms with E-state index in [9.17, 15) is 44.3 Å². The van der Waals surface area contributed by atoms with Gasteiger partial charge in [0.15, 0.2) is 5.54 Å². The van der Waals surface area contributed by atoms with Gasteiger partial charge in [-0.05, 0) is 56.7 Å². The number of sulfonamides is 1. The number of aryl methyl sites for hydroxylation is 2. The molecule has 42 heavy (non-hydrogen) atoms. The molecule has 1 aromatic carbocycles. The average molecular weight is 625 g/mol. The first-order valence-corrected chi connectivity index (χ1v) is 14.6. The largest absolute Gasteiger partial charge is 0.416 e. The number of halogens is 7. The van der Waals surface area contributed by atoms with Gasteiger partial charge >= 0.3 is 12.4 Å². The van der Waals surface area contributed by atoms with E-state index in [1.54, 1.807) is 17.0 Å². The molecule has 2 N–H and O–H groups in total. The van der Waals surface area contributed by atoms with Crippen molar-refractivity contribution >= 4 is 27.4 Å². The molecule has 16 heteroatoms. The Labute approximate surface area is 236 Å². The molecule has 1 unspecified atom stereocenters. The molecular formula is C26H27F7N4O4S. The zero-order valence-corrected chi connectivity index (χ0v) is 23.0. The molecule has 0 radical (unpaired) electrons. The minimum atomic E-state index is -5.32. The van der Waals surface area contributed by atoms with Crippen LogP contribution >= 0.6 is 0 Å². The molecule has 4 rings (SSSR count). The number of carbonyl (C=O) groups is 2. The summed E-state index contributed by atoms with van der Waals surface area (Å²) in [5.74, 6) is -4.40. The standard InChI is InChI=1S/C26H27F7N4O4S/c1-2-37-12-10-20(35-37)17-14-24(26(31,32)33,34-22(38)21(17)23(39)36-42(40,41)16-7-8-16)18-9-6-15(13-19(18)27)5-3-4-11-25(28,29)30/h6,9-10,12-13,16H,2-5,7-8,11,14H2,1H3,(H,34,38)(H,36,39). The smallest absolute Gasteiger partial charge is 0.334 e. The monoisotopic (exact) mass is 624 g/mol. The number of nitrogens with one attached hydrogen (secondary N) is 2. The van der Waals surface area contributed by atoms with Crippen molar-refractivity contribution in [3.8, 4) is 0 Å². The minimum absolute atomic E-state index is 0.00859. The molecule has 8 nitrogen and oxygen atoms in total. The molecule has 1 aromatic heterocycles. The van der Waals surface area contributed by atoms with Gasteiger partial charge in [0, 0.05) is 36.7 Å². The first-order valence-electron chi connectivity index (χ1n) is 13.1. The second-order valence-corrected chi connectivity index (χ2v) is 12.2. The molecule has 2 aliphatic rings. The van der Waals surface area contributed by atoms with Crippen molar-refractivity contribution in [1.82, 2.24) is 19.8 Å². The predicted octanol–water partition coefficient (Wildman–Crippen LogP) is 4.66. The van der Waals surface area contributed by atoms with Gasteiger partial charge < -0.3 is 5.32 Å².